The summed E-state index contributed by atoms with van der Waals surface area (Å²) in [5, 5.41) is 14.6. The third kappa shape index (κ3) is 6.01. The van der Waals surface area contributed by atoms with Crippen LogP contribution in [0.5, 0.6) is 0 Å². The average molecular weight is 570 g/mol. The van der Waals surface area contributed by atoms with Gasteiger partial charge in [0.1, 0.15) is 0 Å². The maximum absolute atomic E-state index is 13.4. The van der Waals surface area contributed by atoms with Crippen LogP contribution in [0.2, 0.25) is 0 Å². The van der Waals surface area contributed by atoms with Gasteiger partial charge in [0.15, 0.2) is 17.2 Å². The molecule has 0 unspecified atom stereocenters. The SMILES string of the molecule is CCc1cc(Nc2nccn3c(-c4c[nH]nc4C(F)(F)F)cnc23)ccc1C(=O)NCCCNC(=O)[C@H]1C[C@H](N)C1. The van der Waals surface area contributed by atoms with E-state index in [1.807, 2.05) is 13.0 Å². The number of hydrogen-bond donors (Lipinski definition) is 5. The minimum absolute atomic E-state index is 0.00441. The fourth-order valence-corrected chi connectivity index (χ4v) is 4.85. The number of aryl methyl sites for hydroxylation is 1. The van der Waals surface area contributed by atoms with E-state index in [9.17, 15) is 22.8 Å². The molecule has 3 aromatic heterocycles. The zero-order chi connectivity index (χ0) is 29.1. The highest BCUT2D eigenvalue weighted by atomic mass is 19.4. The molecular formula is C27H30F3N9O2. The number of carbonyl (C=O) groups is 2. The molecule has 4 aromatic rings. The molecule has 0 atom stereocenters. The maximum Gasteiger partial charge on any atom is 0.435 e. The van der Waals surface area contributed by atoms with E-state index < -0.39 is 11.9 Å². The number of hydrogen-bond acceptors (Lipinski definition) is 7. The summed E-state index contributed by atoms with van der Waals surface area (Å²) in [6.07, 6.45) is 3.49. The fourth-order valence-electron chi connectivity index (χ4n) is 4.85. The van der Waals surface area contributed by atoms with E-state index in [-0.39, 0.29) is 35.0 Å². The number of aromatic amines is 1. The molecule has 0 spiro atoms. The molecule has 14 heteroatoms. The fraction of sp³-hybridized carbons (Fsp3) is 0.370. The maximum atomic E-state index is 13.4. The Kier molecular flexibility index (Phi) is 7.92. The van der Waals surface area contributed by atoms with Crippen LogP contribution in [0.15, 0.2) is 43.0 Å². The van der Waals surface area contributed by atoms with Gasteiger partial charge in [0, 0.05) is 54.9 Å². The summed E-state index contributed by atoms with van der Waals surface area (Å²) in [5.74, 6) is 0.123. The van der Waals surface area contributed by atoms with E-state index in [1.165, 1.54) is 29.2 Å². The number of aromatic nitrogens is 5. The summed E-state index contributed by atoms with van der Waals surface area (Å²) >= 11 is 0. The predicted octanol–water partition coefficient (Wildman–Crippen LogP) is 3.42. The molecule has 0 aliphatic heterocycles. The van der Waals surface area contributed by atoms with Crippen LogP contribution in [0, 0.1) is 5.92 Å². The molecule has 0 radical (unpaired) electrons. The predicted molar refractivity (Wildman–Crippen MR) is 145 cm³/mol. The highest BCUT2D eigenvalue weighted by molar-refractivity contribution is 5.96. The zero-order valence-corrected chi connectivity index (χ0v) is 22.3. The van der Waals surface area contributed by atoms with Crippen LogP contribution in [-0.2, 0) is 17.4 Å². The molecule has 6 N–H and O–H groups in total. The Hall–Kier alpha value is -4.46. The van der Waals surface area contributed by atoms with Gasteiger partial charge in [-0.3, -0.25) is 19.1 Å². The molecule has 3 heterocycles. The van der Waals surface area contributed by atoms with Crippen LogP contribution in [0.4, 0.5) is 24.7 Å². The number of carbonyl (C=O) groups excluding carboxylic acids is 2. The Morgan fingerprint density at radius 1 is 1.17 bits per heavy atom. The second-order valence-corrected chi connectivity index (χ2v) is 9.94. The van der Waals surface area contributed by atoms with Crippen molar-refractivity contribution in [3.05, 3.63) is 59.8 Å². The lowest BCUT2D eigenvalue weighted by Crippen LogP contribution is -2.45. The van der Waals surface area contributed by atoms with Crippen molar-refractivity contribution in [1.29, 1.82) is 0 Å². The minimum atomic E-state index is -4.63. The number of nitrogens with zero attached hydrogens (tertiary/aromatic N) is 4. The number of nitrogens with two attached hydrogens (primary N) is 1. The molecule has 216 valence electrons. The van der Waals surface area contributed by atoms with Gasteiger partial charge in [-0.25, -0.2) is 9.97 Å². The largest absolute Gasteiger partial charge is 0.435 e. The van der Waals surface area contributed by atoms with Gasteiger partial charge >= 0.3 is 6.18 Å². The van der Waals surface area contributed by atoms with Gasteiger partial charge in [-0.1, -0.05) is 6.92 Å². The summed E-state index contributed by atoms with van der Waals surface area (Å²) in [6, 6.07) is 5.37. The lowest BCUT2D eigenvalue weighted by atomic mass is 9.80. The molecule has 1 saturated carbocycles. The number of rotatable bonds is 10. The van der Waals surface area contributed by atoms with Crippen LogP contribution in [0.1, 0.15) is 47.8 Å². The van der Waals surface area contributed by atoms with Gasteiger partial charge in [-0.2, -0.15) is 18.3 Å². The summed E-state index contributed by atoms with van der Waals surface area (Å²) in [6.45, 7) is 2.81. The van der Waals surface area contributed by atoms with Crippen LogP contribution in [0.25, 0.3) is 16.9 Å². The van der Waals surface area contributed by atoms with Crippen molar-refractivity contribution in [2.75, 3.05) is 18.4 Å². The number of benzene rings is 1. The van der Waals surface area contributed by atoms with E-state index >= 15 is 0 Å². The van der Waals surface area contributed by atoms with E-state index in [2.05, 4.69) is 36.1 Å². The number of alkyl halides is 3. The molecule has 1 aliphatic rings. The van der Waals surface area contributed by atoms with E-state index in [0.29, 0.717) is 48.6 Å². The highest BCUT2D eigenvalue weighted by Crippen LogP contribution is 2.36. The lowest BCUT2D eigenvalue weighted by molar-refractivity contribution is -0.140. The van der Waals surface area contributed by atoms with Crippen molar-refractivity contribution in [3.8, 4) is 11.3 Å². The zero-order valence-electron chi connectivity index (χ0n) is 22.3. The van der Waals surface area contributed by atoms with Gasteiger partial charge in [-0.05, 0) is 49.4 Å². The van der Waals surface area contributed by atoms with Crippen molar-refractivity contribution in [2.45, 2.75) is 44.8 Å². The highest BCUT2D eigenvalue weighted by Gasteiger charge is 2.37. The van der Waals surface area contributed by atoms with Gasteiger partial charge < -0.3 is 21.7 Å². The smallest absolute Gasteiger partial charge is 0.356 e. The first kappa shape index (κ1) is 28.1. The Morgan fingerprint density at radius 3 is 2.68 bits per heavy atom. The number of nitrogens with one attached hydrogen (secondary N) is 4. The number of imidazole rings is 1. The quantitative estimate of drug-likeness (QED) is 0.183. The van der Waals surface area contributed by atoms with Gasteiger partial charge in [0.2, 0.25) is 5.91 Å². The van der Waals surface area contributed by atoms with Crippen LogP contribution in [-0.4, -0.2) is 55.5 Å². The average Bonchev–Trinajstić information content (AvgIpc) is 3.58. The molecule has 1 aliphatic carbocycles. The van der Waals surface area contributed by atoms with E-state index in [4.69, 9.17) is 5.73 Å². The summed E-state index contributed by atoms with van der Waals surface area (Å²) in [4.78, 5) is 33.4. The molecule has 1 aromatic carbocycles. The Labute approximate surface area is 233 Å². The Balaban J connectivity index is 1.23. The number of anilines is 2. The number of H-pyrrole nitrogens is 1. The molecule has 11 nitrogen and oxygen atoms in total. The monoisotopic (exact) mass is 569 g/mol. The minimum Gasteiger partial charge on any atom is -0.356 e. The van der Waals surface area contributed by atoms with Crippen molar-refractivity contribution in [3.63, 3.8) is 0 Å². The molecule has 5 rings (SSSR count). The Morgan fingerprint density at radius 2 is 1.95 bits per heavy atom. The third-order valence-corrected chi connectivity index (χ3v) is 7.09. The molecule has 0 saturated heterocycles. The van der Waals surface area contributed by atoms with Crippen molar-refractivity contribution < 1.29 is 22.8 Å². The van der Waals surface area contributed by atoms with Gasteiger partial charge in [-0.15, -0.1) is 0 Å². The van der Waals surface area contributed by atoms with E-state index in [1.54, 1.807) is 12.1 Å². The molecule has 41 heavy (non-hydrogen) atoms. The van der Waals surface area contributed by atoms with Crippen LogP contribution >= 0.6 is 0 Å². The Bertz CT molecular complexity index is 1560. The summed E-state index contributed by atoms with van der Waals surface area (Å²) < 4.78 is 41.7. The number of amides is 2. The van der Waals surface area contributed by atoms with E-state index in [0.717, 1.165) is 18.4 Å². The summed E-state index contributed by atoms with van der Waals surface area (Å²) in [5.41, 5.74) is 7.06. The van der Waals surface area contributed by atoms with Gasteiger partial charge in [0.05, 0.1) is 17.5 Å². The first-order chi connectivity index (χ1) is 19.7. The van der Waals surface area contributed by atoms with Crippen molar-refractivity contribution >= 4 is 29.0 Å². The second kappa shape index (κ2) is 11.6. The topological polar surface area (TPSA) is 155 Å². The third-order valence-electron chi connectivity index (χ3n) is 7.09. The normalized spacial score (nSPS) is 16.8. The van der Waals surface area contributed by atoms with Crippen molar-refractivity contribution in [2.24, 2.45) is 11.7 Å². The second-order valence-electron chi connectivity index (χ2n) is 9.94. The standard InChI is InChI=1S/C27H30F3N9O2/c1-2-15-12-18(4-5-19(15)26(41)34-7-3-6-33-25(40)16-10-17(31)11-16)37-23-24-35-14-21(39(24)9-8-32-23)20-13-36-38-22(20)27(28,29)30/h4-5,8-9,12-14,16-17H,2-3,6-7,10-11,31H2,1H3,(H,32,37)(H,33,40)(H,34,41)(H,36,38)/t16-,17-. The molecule has 0 bridgehead atoms. The summed E-state index contributed by atoms with van der Waals surface area (Å²) in [7, 11) is 0. The van der Waals surface area contributed by atoms with Gasteiger partial charge in [0.25, 0.3) is 5.91 Å². The molecular weight excluding hydrogens is 539 g/mol. The number of halogens is 3. The first-order valence-corrected chi connectivity index (χ1v) is 13.3. The molecule has 1 fully saturated rings. The van der Waals surface area contributed by atoms with Crippen LogP contribution in [0.3, 0.4) is 0 Å². The van der Waals surface area contributed by atoms with Crippen molar-refractivity contribution in [1.82, 2.24) is 35.2 Å². The first-order valence-electron chi connectivity index (χ1n) is 13.3. The molecule has 2 amide bonds. The van der Waals surface area contributed by atoms with Crippen LogP contribution < -0.4 is 21.7 Å². The number of fused-ring (bicyclic) bond motifs is 1. The lowest BCUT2D eigenvalue weighted by Gasteiger charge is -2.31.